The second kappa shape index (κ2) is 11.5. The van der Waals surface area contributed by atoms with Gasteiger partial charge >= 0.3 is 0 Å². The highest BCUT2D eigenvalue weighted by Gasteiger charge is 2.27. The Labute approximate surface area is 197 Å². The molecule has 0 atom stereocenters. The van der Waals surface area contributed by atoms with Crippen molar-refractivity contribution in [1.29, 1.82) is 0 Å². The zero-order chi connectivity index (χ0) is 23.8. The second-order valence-electron chi connectivity index (χ2n) is 8.75. The van der Waals surface area contributed by atoms with Crippen molar-refractivity contribution in [3.8, 4) is 5.75 Å². The fraction of sp³-hybridized carbons (Fsp3) is 0.480. The van der Waals surface area contributed by atoms with Crippen molar-refractivity contribution in [3.63, 3.8) is 0 Å². The van der Waals surface area contributed by atoms with Gasteiger partial charge in [-0.25, -0.2) is 8.42 Å². The monoisotopic (exact) mass is 473 g/mol. The summed E-state index contributed by atoms with van der Waals surface area (Å²) in [7, 11) is -2.41. The molecule has 0 aromatic heterocycles. The van der Waals surface area contributed by atoms with Gasteiger partial charge in [-0.1, -0.05) is 24.6 Å². The molecule has 1 aliphatic heterocycles. The third-order valence-electron chi connectivity index (χ3n) is 6.11. The first kappa shape index (κ1) is 25.1. The number of anilines is 1. The van der Waals surface area contributed by atoms with Crippen molar-refractivity contribution in [1.82, 2.24) is 10.2 Å². The molecular formula is C25H35N3O4S. The Morgan fingerprint density at radius 1 is 1.09 bits per heavy atom. The van der Waals surface area contributed by atoms with Crippen molar-refractivity contribution in [2.45, 2.75) is 38.0 Å². The van der Waals surface area contributed by atoms with Gasteiger partial charge in [0.25, 0.3) is 10.0 Å². The number of likely N-dealkylation sites (tertiary alicyclic amines) is 1. The number of ether oxygens (including phenoxy) is 1. The standard InChI is InChI=1S/C25H35N3O4S/c1-20-5-7-22(8-6-20)28(33(30,31)24-11-9-23(32-3)10-12-24)19-25(29)26-15-4-16-27-17-13-21(2)14-18-27/h5-12,21H,4,13-19H2,1-3H3,(H,26,29). The highest BCUT2D eigenvalue weighted by molar-refractivity contribution is 7.92. The molecule has 3 rings (SSSR count). The van der Waals surface area contributed by atoms with Crippen molar-refractivity contribution in [2.75, 3.05) is 44.1 Å². The molecule has 33 heavy (non-hydrogen) atoms. The van der Waals surface area contributed by atoms with Crippen LogP contribution in [0.3, 0.4) is 0 Å². The van der Waals surface area contributed by atoms with Crippen LogP contribution < -0.4 is 14.4 Å². The minimum absolute atomic E-state index is 0.107. The number of hydrogen-bond donors (Lipinski definition) is 1. The van der Waals surface area contributed by atoms with Crippen molar-refractivity contribution in [3.05, 3.63) is 54.1 Å². The van der Waals surface area contributed by atoms with E-state index in [4.69, 9.17) is 4.74 Å². The van der Waals surface area contributed by atoms with Gasteiger partial charge in [0.15, 0.2) is 0 Å². The summed E-state index contributed by atoms with van der Waals surface area (Å²) in [6.45, 7) is 7.62. The van der Waals surface area contributed by atoms with E-state index in [1.807, 2.05) is 19.1 Å². The topological polar surface area (TPSA) is 79.0 Å². The SMILES string of the molecule is COc1ccc(S(=O)(=O)N(CC(=O)NCCCN2CCC(C)CC2)c2ccc(C)cc2)cc1. The Hall–Kier alpha value is -2.58. The summed E-state index contributed by atoms with van der Waals surface area (Å²) in [5, 5.41) is 2.89. The lowest BCUT2D eigenvalue weighted by atomic mass is 9.99. The number of piperidine rings is 1. The number of carbonyl (C=O) groups is 1. The molecule has 1 amide bonds. The van der Waals surface area contributed by atoms with Gasteiger partial charge in [-0.3, -0.25) is 9.10 Å². The predicted molar refractivity (Wildman–Crippen MR) is 131 cm³/mol. The minimum Gasteiger partial charge on any atom is -0.497 e. The Morgan fingerprint density at radius 3 is 2.33 bits per heavy atom. The van der Waals surface area contributed by atoms with E-state index in [1.54, 1.807) is 24.3 Å². The molecule has 0 saturated carbocycles. The molecule has 8 heteroatoms. The highest BCUT2D eigenvalue weighted by atomic mass is 32.2. The number of rotatable bonds is 10. The van der Waals surface area contributed by atoms with Crippen LogP contribution in [0.2, 0.25) is 0 Å². The fourth-order valence-electron chi connectivity index (χ4n) is 3.90. The van der Waals surface area contributed by atoms with Crippen LogP contribution in [0.4, 0.5) is 5.69 Å². The second-order valence-corrected chi connectivity index (χ2v) is 10.6. The van der Waals surface area contributed by atoms with Crippen LogP contribution in [-0.2, 0) is 14.8 Å². The summed E-state index contributed by atoms with van der Waals surface area (Å²) in [6.07, 6.45) is 3.29. The lowest BCUT2D eigenvalue weighted by Crippen LogP contribution is -2.42. The lowest BCUT2D eigenvalue weighted by Gasteiger charge is -2.30. The van der Waals surface area contributed by atoms with Crippen molar-refractivity contribution >= 4 is 21.6 Å². The summed E-state index contributed by atoms with van der Waals surface area (Å²) in [5.41, 5.74) is 1.46. The third kappa shape index (κ3) is 6.95. The summed E-state index contributed by atoms with van der Waals surface area (Å²) >= 11 is 0. The van der Waals surface area contributed by atoms with E-state index in [1.165, 1.54) is 32.1 Å². The molecule has 0 unspecified atom stereocenters. The molecule has 1 heterocycles. The molecule has 1 N–H and O–H groups in total. The van der Waals surface area contributed by atoms with Gasteiger partial charge in [0, 0.05) is 6.54 Å². The maximum atomic E-state index is 13.4. The zero-order valence-corrected chi connectivity index (χ0v) is 20.6. The Bertz CT molecular complexity index is 999. The van der Waals surface area contributed by atoms with Crippen LogP contribution in [0.5, 0.6) is 5.75 Å². The first-order valence-electron chi connectivity index (χ1n) is 11.5. The van der Waals surface area contributed by atoms with Crippen molar-refractivity contribution in [2.24, 2.45) is 5.92 Å². The van der Waals surface area contributed by atoms with Crippen LogP contribution in [0, 0.1) is 12.8 Å². The number of hydrogen-bond acceptors (Lipinski definition) is 5. The number of amides is 1. The molecule has 1 aliphatic rings. The summed E-state index contributed by atoms with van der Waals surface area (Å²) < 4.78 is 33.1. The largest absolute Gasteiger partial charge is 0.497 e. The first-order chi connectivity index (χ1) is 15.8. The number of carbonyl (C=O) groups excluding carboxylic acids is 1. The van der Waals surface area contributed by atoms with Crippen LogP contribution >= 0.6 is 0 Å². The van der Waals surface area contributed by atoms with Crippen LogP contribution in [0.15, 0.2) is 53.4 Å². The maximum absolute atomic E-state index is 13.4. The summed E-state index contributed by atoms with van der Waals surface area (Å²) in [6, 6.07) is 13.3. The Balaban J connectivity index is 1.65. The molecule has 2 aromatic carbocycles. The number of sulfonamides is 1. The average molecular weight is 474 g/mol. The van der Waals surface area contributed by atoms with Gasteiger partial charge in [-0.05, 0) is 88.1 Å². The molecule has 0 aliphatic carbocycles. The Morgan fingerprint density at radius 2 is 1.73 bits per heavy atom. The lowest BCUT2D eigenvalue weighted by molar-refractivity contribution is -0.119. The van der Waals surface area contributed by atoms with E-state index in [9.17, 15) is 13.2 Å². The van der Waals surface area contributed by atoms with Gasteiger partial charge in [0.05, 0.1) is 17.7 Å². The number of benzene rings is 2. The smallest absolute Gasteiger partial charge is 0.264 e. The Kier molecular flexibility index (Phi) is 8.74. The van der Waals surface area contributed by atoms with E-state index < -0.39 is 10.0 Å². The molecule has 1 saturated heterocycles. The molecule has 0 spiro atoms. The zero-order valence-electron chi connectivity index (χ0n) is 19.8. The minimum atomic E-state index is -3.93. The van der Waals surface area contributed by atoms with Gasteiger partial charge in [0.1, 0.15) is 12.3 Å². The normalized spacial score (nSPS) is 15.2. The fourth-order valence-corrected chi connectivity index (χ4v) is 5.32. The number of aryl methyl sites for hydroxylation is 1. The molecule has 0 radical (unpaired) electrons. The van der Waals surface area contributed by atoms with Crippen LogP contribution in [-0.4, -0.2) is 59.1 Å². The summed E-state index contributed by atoms with van der Waals surface area (Å²) in [4.78, 5) is 15.3. The molecule has 1 fully saturated rings. The predicted octanol–water partition coefficient (Wildman–Crippen LogP) is 3.44. The van der Waals surface area contributed by atoms with E-state index in [0.29, 0.717) is 18.0 Å². The van der Waals surface area contributed by atoms with Crippen molar-refractivity contribution < 1.29 is 17.9 Å². The van der Waals surface area contributed by atoms with E-state index in [-0.39, 0.29) is 17.3 Å². The number of methoxy groups -OCH3 is 1. The van der Waals surface area contributed by atoms with Crippen LogP contribution in [0.1, 0.15) is 31.7 Å². The highest BCUT2D eigenvalue weighted by Crippen LogP contribution is 2.25. The van der Waals surface area contributed by atoms with Gasteiger partial charge < -0.3 is 15.0 Å². The van der Waals surface area contributed by atoms with E-state index >= 15 is 0 Å². The quantitative estimate of drug-likeness (QED) is 0.535. The molecule has 180 valence electrons. The average Bonchev–Trinajstić information content (AvgIpc) is 2.82. The molecular weight excluding hydrogens is 438 g/mol. The van der Waals surface area contributed by atoms with E-state index in [2.05, 4.69) is 17.1 Å². The maximum Gasteiger partial charge on any atom is 0.264 e. The molecule has 7 nitrogen and oxygen atoms in total. The van der Waals surface area contributed by atoms with Gasteiger partial charge in [0.2, 0.25) is 5.91 Å². The molecule has 2 aromatic rings. The van der Waals surface area contributed by atoms with Crippen LogP contribution in [0.25, 0.3) is 0 Å². The third-order valence-corrected chi connectivity index (χ3v) is 7.89. The van der Waals surface area contributed by atoms with E-state index in [0.717, 1.165) is 41.8 Å². The van der Waals surface area contributed by atoms with Gasteiger partial charge in [-0.2, -0.15) is 0 Å². The summed E-state index contributed by atoms with van der Waals surface area (Å²) in [5.74, 6) is 1.04. The van der Waals surface area contributed by atoms with Gasteiger partial charge in [-0.15, -0.1) is 0 Å². The number of nitrogens with one attached hydrogen (secondary N) is 1. The number of nitrogens with zero attached hydrogens (tertiary/aromatic N) is 2. The molecule has 0 bridgehead atoms. The first-order valence-corrected chi connectivity index (χ1v) is 13.0.